The number of carboxylic acid groups (broad SMARTS) is 1. The topological polar surface area (TPSA) is 94.9 Å². The molecule has 0 radical (unpaired) electrons. The fourth-order valence-electron chi connectivity index (χ4n) is 4.06. The van der Waals surface area contributed by atoms with Crippen LogP contribution < -0.4 is 19.4 Å². The molecule has 2 saturated heterocycles. The molecule has 3 heterocycles. The monoisotopic (exact) mass is 466 g/mol. The number of halogens is 3. The molecule has 1 N–H and O–H groups in total. The Labute approximate surface area is 188 Å². The van der Waals surface area contributed by atoms with Crippen LogP contribution >= 0.6 is 0 Å². The van der Waals surface area contributed by atoms with E-state index in [4.69, 9.17) is 9.84 Å². The molecule has 0 amide bonds. The number of benzene rings is 1. The van der Waals surface area contributed by atoms with Gasteiger partial charge in [-0.3, -0.25) is 4.79 Å². The number of piperidine rings is 1. The minimum absolute atomic E-state index is 0.204. The van der Waals surface area contributed by atoms with Gasteiger partial charge in [-0.1, -0.05) is 12.1 Å². The van der Waals surface area contributed by atoms with E-state index in [0.717, 1.165) is 0 Å². The molecule has 0 unspecified atom stereocenters. The molecule has 33 heavy (non-hydrogen) atoms. The Morgan fingerprint density at radius 1 is 0.970 bits per heavy atom. The first kappa shape index (κ1) is 22.9. The van der Waals surface area contributed by atoms with Crippen LogP contribution in [0.25, 0.3) is 0 Å². The molecule has 0 bridgehead atoms. The number of hydrogen-bond acceptors (Lipinski definition) is 8. The highest BCUT2D eigenvalue weighted by atomic mass is 19.4. The number of ether oxygens (including phenoxy) is 1. The molecule has 0 spiro atoms. The summed E-state index contributed by atoms with van der Waals surface area (Å²) in [5.41, 5.74) is 0.624. The van der Waals surface area contributed by atoms with Crippen LogP contribution in [0.4, 0.5) is 30.8 Å². The van der Waals surface area contributed by atoms with Gasteiger partial charge in [0.25, 0.3) is 0 Å². The standard InChI is InChI=1S/C21H25F3N6O3/c22-21(23,24)13-33-17-4-2-1-3-16(17)28-9-11-30(12-10-28)20-26-14-25-19(27-20)29-7-5-15(6-8-29)18(31)32/h1-4,14-15H,5-13H2,(H,31,32). The lowest BCUT2D eigenvalue weighted by atomic mass is 9.97. The molecule has 0 atom stereocenters. The average Bonchev–Trinajstić information content (AvgIpc) is 2.83. The maximum Gasteiger partial charge on any atom is 0.422 e. The quantitative estimate of drug-likeness (QED) is 0.689. The van der Waals surface area contributed by atoms with Gasteiger partial charge in [-0.25, -0.2) is 9.97 Å². The van der Waals surface area contributed by atoms with E-state index in [1.165, 1.54) is 6.33 Å². The second kappa shape index (κ2) is 9.67. The van der Waals surface area contributed by atoms with E-state index >= 15 is 0 Å². The second-order valence-corrected chi connectivity index (χ2v) is 8.03. The predicted molar refractivity (Wildman–Crippen MR) is 115 cm³/mol. The number of para-hydroxylation sites is 2. The Morgan fingerprint density at radius 2 is 1.55 bits per heavy atom. The van der Waals surface area contributed by atoms with Crippen LogP contribution in [0.2, 0.25) is 0 Å². The lowest BCUT2D eigenvalue weighted by molar-refractivity contribution is -0.153. The SMILES string of the molecule is O=C(O)C1CCN(c2ncnc(N3CCN(c4ccccc4OCC(F)(F)F)CC3)n2)CC1. The molecule has 1 aromatic carbocycles. The van der Waals surface area contributed by atoms with Crippen molar-refractivity contribution in [1.29, 1.82) is 0 Å². The molecule has 2 aromatic rings. The third kappa shape index (κ3) is 5.74. The van der Waals surface area contributed by atoms with Gasteiger partial charge in [0.1, 0.15) is 12.1 Å². The molecular formula is C21H25F3N6O3. The third-order valence-electron chi connectivity index (χ3n) is 5.83. The van der Waals surface area contributed by atoms with Crippen molar-refractivity contribution in [1.82, 2.24) is 15.0 Å². The number of anilines is 3. The molecular weight excluding hydrogens is 441 g/mol. The van der Waals surface area contributed by atoms with E-state index in [0.29, 0.717) is 69.7 Å². The Kier molecular flexibility index (Phi) is 6.70. The van der Waals surface area contributed by atoms with E-state index in [1.54, 1.807) is 24.3 Å². The first-order chi connectivity index (χ1) is 15.8. The van der Waals surface area contributed by atoms with Crippen LogP contribution in [0.5, 0.6) is 5.75 Å². The minimum Gasteiger partial charge on any atom is -0.482 e. The van der Waals surface area contributed by atoms with Crippen LogP contribution in [0.1, 0.15) is 12.8 Å². The van der Waals surface area contributed by atoms with E-state index in [2.05, 4.69) is 15.0 Å². The fourth-order valence-corrected chi connectivity index (χ4v) is 4.06. The van der Waals surface area contributed by atoms with Crippen molar-refractivity contribution >= 4 is 23.6 Å². The van der Waals surface area contributed by atoms with Crippen LogP contribution in [0.3, 0.4) is 0 Å². The van der Waals surface area contributed by atoms with Gasteiger partial charge < -0.3 is 24.5 Å². The van der Waals surface area contributed by atoms with Gasteiger partial charge in [0, 0.05) is 39.3 Å². The first-order valence-corrected chi connectivity index (χ1v) is 10.8. The van der Waals surface area contributed by atoms with Gasteiger partial charge in [0.2, 0.25) is 11.9 Å². The van der Waals surface area contributed by atoms with Gasteiger partial charge in [-0.05, 0) is 25.0 Å². The maximum atomic E-state index is 12.6. The number of rotatable bonds is 6. The summed E-state index contributed by atoms with van der Waals surface area (Å²) in [4.78, 5) is 30.2. The molecule has 9 nitrogen and oxygen atoms in total. The van der Waals surface area contributed by atoms with Crippen molar-refractivity contribution in [3.05, 3.63) is 30.6 Å². The zero-order valence-electron chi connectivity index (χ0n) is 17.9. The number of hydrogen-bond donors (Lipinski definition) is 1. The molecule has 12 heteroatoms. The largest absolute Gasteiger partial charge is 0.482 e. The zero-order chi connectivity index (χ0) is 23.4. The summed E-state index contributed by atoms with van der Waals surface area (Å²) in [6.45, 7) is 2.11. The summed E-state index contributed by atoms with van der Waals surface area (Å²) in [7, 11) is 0. The maximum absolute atomic E-state index is 12.6. The second-order valence-electron chi connectivity index (χ2n) is 8.03. The number of alkyl halides is 3. The van der Waals surface area contributed by atoms with E-state index in [-0.39, 0.29) is 11.7 Å². The van der Waals surface area contributed by atoms with Gasteiger partial charge in [-0.15, -0.1) is 0 Å². The summed E-state index contributed by atoms with van der Waals surface area (Å²) in [5, 5.41) is 9.17. The van der Waals surface area contributed by atoms with Crippen LogP contribution in [-0.2, 0) is 4.79 Å². The molecule has 4 rings (SSSR count). The molecule has 178 valence electrons. The Morgan fingerprint density at radius 3 is 2.15 bits per heavy atom. The van der Waals surface area contributed by atoms with Crippen molar-refractivity contribution in [3.8, 4) is 5.75 Å². The zero-order valence-corrected chi connectivity index (χ0v) is 17.9. The normalized spacial score (nSPS) is 17.8. The third-order valence-corrected chi connectivity index (χ3v) is 5.83. The van der Waals surface area contributed by atoms with Crippen LogP contribution in [0.15, 0.2) is 30.6 Å². The molecule has 2 fully saturated rings. The van der Waals surface area contributed by atoms with E-state index in [1.807, 2.05) is 14.7 Å². The Bertz CT molecular complexity index is 960. The van der Waals surface area contributed by atoms with Gasteiger partial charge >= 0.3 is 12.1 Å². The fraction of sp³-hybridized carbons (Fsp3) is 0.524. The van der Waals surface area contributed by atoms with E-state index < -0.39 is 18.8 Å². The molecule has 2 aliphatic rings. The summed E-state index contributed by atoms with van der Waals surface area (Å²) in [6, 6.07) is 6.72. The number of aromatic nitrogens is 3. The van der Waals surface area contributed by atoms with Gasteiger partial charge in [0.15, 0.2) is 6.61 Å². The molecule has 2 aliphatic heterocycles. The van der Waals surface area contributed by atoms with E-state index in [9.17, 15) is 18.0 Å². The molecule has 0 saturated carbocycles. The highest BCUT2D eigenvalue weighted by molar-refractivity contribution is 5.70. The number of carbonyl (C=O) groups is 1. The number of nitrogens with zero attached hydrogens (tertiary/aromatic N) is 6. The molecule has 0 aliphatic carbocycles. The smallest absolute Gasteiger partial charge is 0.422 e. The number of carboxylic acids is 1. The number of piperazine rings is 1. The Hall–Kier alpha value is -3.31. The summed E-state index contributed by atoms with van der Waals surface area (Å²) >= 11 is 0. The lowest BCUT2D eigenvalue weighted by Crippen LogP contribution is -2.47. The van der Waals surface area contributed by atoms with Crippen LogP contribution in [0, 0.1) is 5.92 Å². The first-order valence-electron chi connectivity index (χ1n) is 10.8. The average molecular weight is 466 g/mol. The molecule has 1 aromatic heterocycles. The van der Waals surface area contributed by atoms with Gasteiger partial charge in [-0.2, -0.15) is 18.2 Å². The lowest BCUT2D eigenvalue weighted by Gasteiger charge is -2.37. The van der Waals surface area contributed by atoms with Crippen molar-refractivity contribution in [3.63, 3.8) is 0 Å². The Balaban J connectivity index is 1.37. The minimum atomic E-state index is -4.40. The summed E-state index contributed by atoms with van der Waals surface area (Å²) in [5.74, 6) is 0.155. The van der Waals surface area contributed by atoms with Gasteiger partial charge in [0.05, 0.1) is 11.6 Å². The van der Waals surface area contributed by atoms with Crippen LogP contribution in [-0.4, -0.2) is 78.1 Å². The van der Waals surface area contributed by atoms with Crippen molar-refractivity contribution in [2.75, 3.05) is 60.6 Å². The van der Waals surface area contributed by atoms with Crippen molar-refractivity contribution in [2.24, 2.45) is 5.92 Å². The summed E-state index contributed by atoms with van der Waals surface area (Å²) < 4.78 is 42.8. The summed E-state index contributed by atoms with van der Waals surface area (Å²) in [6.07, 6.45) is -1.85. The van der Waals surface area contributed by atoms with Crippen molar-refractivity contribution in [2.45, 2.75) is 19.0 Å². The highest BCUT2D eigenvalue weighted by Crippen LogP contribution is 2.31. The predicted octanol–water partition coefficient (Wildman–Crippen LogP) is 2.44. The van der Waals surface area contributed by atoms with Crippen molar-refractivity contribution < 1.29 is 27.8 Å². The number of aliphatic carboxylic acids is 1. The highest BCUT2D eigenvalue weighted by Gasteiger charge is 2.30.